The number of ether oxygens (including phenoxy) is 2. The number of benzene rings is 1. The van der Waals surface area contributed by atoms with Crippen molar-refractivity contribution in [1.82, 2.24) is 10.0 Å². The molecular formula is C17H25ClN2O5S. The van der Waals surface area contributed by atoms with Gasteiger partial charge in [-0.1, -0.05) is 30.9 Å². The first kappa shape index (κ1) is 21.0. The first-order chi connectivity index (χ1) is 12.4. The van der Waals surface area contributed by atoms with Gasteiger partial charge in [0.2, 0.25) is 10.0 Å². The molecule has 2 rings (SSSR count). The van der Waals surface area contributed by atoms with Crippen molar-refractivity contribution in [2.24, 2.45) is 0 Å². The highest BCUT2D eigenvalue weighted by Crippen LogP contribution is 2.28. The number of methoxy groups -OCH3 is 1. The Hall–Kier alpha value is -1.35. The van der Waals surface area contributed by atoms with Crippen molar-refractivity contribution < 1.29 is 22.7 Å². The van der Waals surface area contributed by atoms with Crippen LogP contribution in [-0.4, -0.2) is 47.2 Å². The maximum atomic E-state index is 12.5. The smallest absolute Gasteiger partial charge is 0.258 e. The maximum absolute atomic E-state index is 12.5. The van der Waals surface area contributed by atoms with Gasteiger partial charge in [0.15, 0.2) is 6.61 Å². The van der Waals surface area contributed by atoms with Gasteiger partial charge in [-0.15, -0.1) is 0 Å². The van der Waals surface area contributed by atoms with Crippen molar-refractivity contribution in [2.45, 2.75) is 43.0 Å². The minimum atomic E-state index is -3.63. The van der Waals surface area contributed by atoms with Crippen molar-refractivity contribution in [3.63, 3.8) is 0 Å². The lowest BCUT2D eigenvalue weighted by atomic mass is 9.96. The molecule has 1 aromatic carbocycles. The zero-order valence-electron chi connectivity index (χ0n) is 14.8. The van der Waals surface area contributed by atoms with E-state index in [4.69, 9.17) is 21.1 Å². The second kappa shape index (κ2) is 10.1. The third-order valence-corrected chi connectivity index (χ3v) is 5.94. The summed E-state index contributed by atoms with van der Waals surface area (Å²) in [5.74, 6) is -0.0565. The van der Waals surface area contributed by atoms with E-state index < -0.39 is 10.0 Å². The molecule has 0 aromatic heterocycles. The summed E-state index contributed by atoms with van der Waals surface area (Å²) in [6.07, 6.45) is 4.92. The second-order valence-corrected chi connectivity index (χ2v) is 8.30. The molecule has 0 aliphatic heterocycles. The minimum absolute atomic E-state index is 0.0285. The summed E-state index contributed by atoms with van der Waals surface area (Å²) in [7, 11) is -2.09. The van der Waals surface area contributed by atoms with Gasteiger partial charge < -0.3 is 14.8 Å². The summed E-state index contributed by atoms with van der Waals surface area (Å²) < 4.78 is 37.9. The average molecular weight is 405 g/mol. The lowest BCUT2D eigenvalue weighted by Crippen LogP contribution is -2.36. The van der Waals surface area contributed by atoms with E-state index in [2.05, 4.69) is 10.0 Å². The molecule has 0 atom stereocenters. The predicted molar refractivity (Wildman–Crippen MR) is 99.0 cm³/mol. The molecule has 0 heterocycles. The van der Waals surface area contributed by atoms with Crippen molar-refractivity contribution in [3.8, 4) is 5.75 Å². The van der Waals surface area contributed by atoms with Gasteiger partial charge in [-0.05, 0) is 31.0 Å². The summed E-state index contributed by atoms with van der Waals surface area (Å²) in [4.78, 5) is 11.7. The third-order valence-electron chi connectivity index (χ3n) is 4.13. The molecule has 146 valence electrons. The molecule has 1 saturated carbocycles. The highest BCUT2D eigenvalue weighted by molar-refractivity contribution is 7.89. The van der Waals surface area contributed by atoms with Crippen LogP contribution in [0.2, 0.25) is 5.02 Å². The van der Waals surface area contributed by atoms with E-state index in [1.165, 1.54) is 18.2 Å². The molecular weight excluding hydrogens is 380 g/mol. The first-order valence-electron chi connectivity index (χ1n) is 8.62. The number of hydrogen-bond donors (Lipinski definition) is 2. The standard InChI is InChI=1S/C17H25ClN2O5S/c1-24-10-9-19-17(21)12-25-16-8-7-14(11-15(16)18)26(22,23)20-13-5-3-2-4-6-13/h7-8,11,13,20H,2-6,9-10,12H2,1H3,(H,19,21). The largest absolute Gasteiger partial charge is 0.482 e. The number of nitrogens with one attached hydrogen (secondary N) is 2. The molecule has 0 saturated heterocycles. The van der Waals surface area contributed by atoms with Crippen LogP contribution in [0.15, 0.2) is 23.1 Å². The quantitative estimate of drug-likeness (QED) is 0.614. The van der Waals surface area contributed by atoms with Gasteiger partial charge in [-0.25, -0.2) is 13.1 Å². The molecule has 1 aliphatic carbocycles. The fraction of sp³-hybridized carbons (Fsp3) is 0.588. The average Bonchev–Trinajstić information content (AvgIpc) is 2.61. The molecule has 1 amide bonds. The number of amides is 1. The Bertz CT molecular complexity index is 705. The molecule has 26 heavy (non-hydrogen) atoms. The highest BCUT2D eigenvalue weighted by atomic mass is 35.5. The summed E-state index contributed by atoms with van der Waals surface area (Å²) in [5.41, 5.74) is 0. The topological polar surface area (TPSA) is 93.7 Å². The monoisotopic (exact) mass is 404 g/mol. The van der Waals surface area contributed by atoms with Crippen LogP contribution in [0, 0.1) is 0 Å². The van der Waals surface area contributed by atoms with Crippen LogP contribution < -0.4 is 14.8 Å². The van der Waals surface area contributed by atoms with E-state index in [0.717, 1.165) is 32.1 Å². The van der Waals surface area contributed by atoms with Crippen LogP contribution in [-0.2, 0) is 19.6 Å². The van der Waals surface area contributed by atoms with Gasteiger partial charge in [-0.3, -0.25) is 4.79 Å². The lowest BCUT2D eigenvalue weighted by molar-refractivity contribution is -0.123. The Morgan fingerprint density at radius 2 is 2.00 bits per heavy atom. The van der Waals surface area contributed by atoms with Crippen molar-refractivity contribution >= 4 is 27.5 Å². The van der Waals surface area contributed by atoms with Gasteiger partial charge in [0.05, 0.1) is 16.5 Å². The van der Waals surface area contributed by atoms with Crippen LogP contribution in [0.3, 0.4) is 0 Å². The fourth-order valence-electron chi connectivity index (χ4n) is 2.76. The SMILES string of the molecule is COCCNC(=O)COc1ccc(S(=O)(=O)NC2CCCCC2)cc1Cl. The zero-order chi connectivity index (χ0) is 19.0. The number of rotatable bonds is 9. The summed E-state index contributed by atoms with van der Waals surface area (Å²) in [6.45, 7) is 0.583. The van der Waals surface area contributed by atoms with Gasteiger partial charge in [0, 0.05) is 19.7 Å². The van der Waals surface area contributed by atoms with E-state index in [9.17, 15) is 13.2 Å². The summed E-state index contributed by atoms with van der Waals surface area (Å²) in [6, 6.07) is 4.19. The number of hydrogen-bond acceptors (Lipinski definition) is 5. The van der Waals surface area contributed by atoms with E-state index in [1.54, 1.807) is 7.11 Å². The van der Waals surface area contributed by atoms with Crippen LogP contribution in [0.4, 0.5) is 0 Å². The Kier molecular flexibility index (Phi) is 8.15. The lowest BCUT2D eigenvalue weighted by Gasteiger charge is -2.22. The molecule has 0 spiro atoms. The number of carbonyl (C=O) groups is 1. The molecule has 0 bridgehead atoms. The van der Waals surface area contributed by atoms with Gasteiger partial charge in [0.1, 0.15) is 5.75 Å². The predicted octanol–water partition coefficient (Wildman–Crippen LogP) is 2.09. The van der Waals surface area contributed by atoms with Crippen LogP contribution >= 0.6 is 11.6 Å². The van der Waals surface area contributed by atoms with Gasteiger partial charge in [-0.2, -0.15) is 0 Å². The molecule has 0 radical (unpaired) electrons. The van der Waals surface area contributed by atoms with E-state index in [-0.39, 0.29) is 34.2 Å². The Morgan fingerprint density at radius 3 is 2.65 bits per heavy atom. The van der Waals surface area contributed by atoms with Crippen LogP contribution in [0.5, 0.6) is 5.75 Å². The number of carbonyl (C=O) groups excluding carboxylic acids is 1. The van der Waals surface area contributed by atoms with Crippen molar-refractivity contribution in [2.75, 3.05) is 26.9 Å². The van der Waals surface area contributed by atoms with Gasteiger partial charge >= 0.3 is 0 Å². The molecule has 1 aromatic rings. The molecule has 0 unspecified atom stereocenters. The fourth-order valence-corrected chi connectivity index (χ4v) is 4.39. The van der Waals surface area contributed by atoms with Crippen molar-refractivity contribution in [1.29, 1.82) is 0 Å². The number of halogens is 1. The second-order valence-electron chi connectivity index (χ2n) is 6.18. The third kappa shape index (κ3) is 6.42. The summed E-state index contributed by atoms with van der Waals surface area (Å²) in [5, 5.41) is 2.76. The van der Waals surface area contributed by atoms with Crippen LogP contribution in [0.1, 0.15) is 32.1 Å². The normalized spacial score (nSPS) is 15.6. The minimum Gasteiger partial charge on any atom is -0.482 e. The molecule has 9 heteroatoms. The Balaban J connectivity index is 1.94. The zero-order valence-corrected chi connectivity index (χ0v) is 16.4. The van der Waals surface area contributed by atoms with Gasteiger partial charge in [0.25, 0.3) is 5.91 Å². The van der Waals surface area contributed by atoms with E-state index in [1.807, 2.05) is 0 Å². The Labute approximate surface area is 159 Å². The van der Waals surface area contributed by atoms with E-state index >= 15 is 0 Å². The maximum Gasteiger partial charge on any atom is 0.258 e. The van der Waals surface area contributed by atoms with Crippen LogP contribution in [0.25, 0.3) is 0 Å². The molecule has 1 aliphatic rings. The summed E-state index contributed by atoms with van der Waals surface area (Å²) >= 11 is 6.12. The molecule has 7 nitrogen and oxygen atoms in total. The first-order valence-corrected chi connectivity index (χ1v) is 10.5. The number of sulfonamides is 1. The highest BCUT2D eigenvalue weighted by Gasteiger charge is 2.22. The molecule has 2 N–H and O–H groups in total. The van der Waals surface area contributed by atoms with E-state index in [0.29, 0.717) is 13.2 Å². The molecule has 1 fully saturated rings. The Morgan fingerprint density at radius 1 is 1.27 bits per heavy atom. The van der Waals surface area contributed by atoms with Crippen molar-refractivity contribution in [3.05, 3.63) is 23.2 Å².